The van der Waals surface area contributed by atoms with Gasteiger partial charge in [0, 0.05) is 5.56 Å². The first-order chi connectivity index (χ1) is 10.2. The van der Waals surface area contributed by atoms with Crippen molar-refractivity contribution in [3.8, 4) is 5.75 Å². The van der Waals surface area contributed by atoms with E-state index in [0.717, 1.165) is 29.7 Å². The summed E-state index contributed by atoms with van der Waals surface area (Å²) in [5, 5.41) is 0. The molecule has 4 heteroatoms. The van der Waals surface area contributed by atoms with E-state index in [4.69, 9.17) is 16.2 Å². The molecule has 0 heterocycles. The highest BCUT2D eigenvalue weighted by molar-refractivity contribution is 5.94. The Balaban J connectivity index is 2.11. The molecule has 0 aliphatic carbocycles. The highest BCUT2D eigenvalue weighted by atomic mass is 16.5. The van der Waals surface area contributed by atoms with E-state index in [2.05, 4.69) is 0 Å². The molecule has 1 amide bonds. The van der Waals surface area contributed by atoms with E-state index in [9.17, 15) is 4.79 Å². The van der Waals surface area contributed by atoms with Gasteiger partial charge < -0.3 is 16.2 Å². The second-order valence-electron chi connectivity index (χ2n) is 4.85. The molecule has 0 bridgehead atoms. The van der Waals surface area contributed by atoms with E-state index in [1.165, 1.54) is 0 Å². The van der Waals surface area contributed by atoms with Gasteiger partial charge in [-0.3, -0.25) is 4.79 Å². The van der Waals surface area contributed by atoms with Gasteiger partial charge >= 0.3 is 0 Å². The summed E-state index contributed by atoms with van der Waals surface area (Å²) in [6, 6.07) is 15.3. The molecule has 4 N–H and O–H groups in total. The van der Waals surface area contributed by atoms with E-state index < -0.39 is 5.91 Å². The van der Waals surface area contributed by atoms with Crippen molar-refractivity contribution >= 4 is 5.91 Å². The molecule has 0 aromatic heterocycles. The molecule has 0 spiro atoms. The zero-order chi connectivity index (χ0) is 15.1. The fraction of sp³-hybridized carbons (Fsp3) is 0.235. The highest BCUT2D eigenvalue weighted by Gasteiger charge is 2.09. The minimum atomic E-state index is -0.420. The number of aryl methyl sites for hydroxylation is 1. The lowest BCUT2D eigenvalue weighted by molar-refractivity contribution is 0.0999. The standard InChI is InChI=1S/C17H20N2O2/c18-10-4-7-14-11-15(8-9-16(14)17(19)20)21-12-13-5-2-1-3-6-13/h1-3,5-6,8-9,11H,4,7,10,12,18H2,(H2,19,20). The Hall–Kier alpha value is -2.33. The summed E-state index contributed by atoms with van der Waals surface area (Å²) >= 11 is 0. The van der Waals surface area contributed by atoms with Gasteiger partial charge in [0.15, 0.2) is 0 Å². The lowest BCUT2D eigenvalue weighted by Gasteiger charge is -2.11. The molecule has 0 fully saturated rings. The van der Waals surface area contributed by atoms with Crippen molar-refractivity contribution in [2.24, 2.45) is 11.5 Å². The fourth-order valence-corrected chi connectivity index (χ4v) is 2.14. The zero-order valence-electron chi connectivity index (χ0n) is 11.9. The minimum Gasteiger partial charge on any atom is -0.489 e. The maximum Gasteiger partial charge on any atom is 0.248 e. The lowest BCUT2D eigenvalue weighted by atomic mass is 10.0. The smallest absolute Gasteiger partial charge is 0.248 e. The van der Waals surface area contributed by atoms with Gasteiger partial charge in [-0.2, -0.15) is 0 Å². The molecule has 21 heavy (non-hydrogen) atoms. The first-order valence-electron chi connectivity index (χ1n) is 7.00. The molecule has 2 aromatic carbocycles. The van der Waals surface area contributed by atoms with E-state index in [-0.39, 0.29) is 0 Å². The molecule has 0 radical (unpaired) electrons. The second kappa shape index (κ2) is 7.45. The van der Waals surface area contributed by atoms with Crippen molar-refractivity contribution in [2.45, 2.75) is 19.4 Å². The first kappa shape index (κ1) is 15.1. The number of carbonyl (C=O) groups excluding carboxylic acids is 1. The van der Waals surface area contributed by atoms with Crippen LogP contribution < -0.4 is 16.2 Å². The third-order valence-corrected chi connectivity index (χ3v) is 3.24. The van der Waals surface area contributed by atoms with Crippen molar-refractivity contribution < 1.29 is 9.53 Å². The number of rotatable bonds is 7. The van der Waals surface area contributed by atoms with Crippen LogP contribution in [-0.4, -0.2) is 12.5 Å². The fourth-order valence-electron chi connectivity index (χ4n) is 2.14. The second-order valence-corrected chi connectivity index (χ2v) is 4.85. The van der Waals surface area contributed by atoms with Crippen LogP contribution in [0.25, 0.3) is 0 Å². The summed E-state index contributed by atoms with van der Waals surface area (Å²) in [4.78, 5) is 11.4. The Labute approximate surface area is 124 Å². The molecule has 110 valence electrons. The summed E-state index contributed by atoms with van der Waals surface area (Å²) in [6.45, 7) is 1.07. The number of primary amides is 1. The number of hydrogen-bond acceptors (Lipinski definition) is 3. The molecular weight excluding hydrogens is 264 g/mol. The zero-order valence-corrected chi connectivity index (χ0v) is 11.9. The lowest BCUT2D eigenvalue weighted by Crippen LogP contribution is -2.14. The molecule has 2 rings (SSSR count). The summed E-state index contributed by atoms with van der Waals surface area (Å²) in [5.74, 6) is 0.313. The Morgan fingerprint density at radius 3 is 2.52 bits per heavy atom. The Kier molecular flexibility index (Phi) is 5.35. The first-order valence-corrected chi connectivity index (χ1v) is 7.00. The van der Waals surface area contributed by atoms with Crippen LogP contribution in [0, 0.1) is 0 Å². The maximum absolute atomic E-state index is 11.4. The third-order valence-electron chi connectivity index (χ3n) is 3.24. The van der Waals surface area contributed by atoms with Gasteiger partial charge in [-0.25, -0.2) is 0 Å². The van der Waals surface area contributed by atoms with Crippen LogP contribution in [0.3, 0.4) is 0 Å². The summed E-state index contributed by atoms with van der Waals surface area (Å²) in [5.41, 5.74) is 13.4. The van der Waals surface area contributed by atoms with Gasteiger partial charge in [0.25, 0.3) is 0 Å². The average Bonchev–Trinajstić information content (AvgIpc) is 2.51. The average molecular weight is 284 g/mol. The van der Waals surface area contributed by atoms with Crippen molar-refractivity contribution in [2.75, 3.05) is 6.54 Å². The Morgan fingerprint density at radius 2 is 1.86 bits per heavy atom. The molecule has 4 nitrogen and oxygen atoms in total. The highest BCUT2D eigenvalue weighted by Crippen LogP contribution is 2.20. The quantitative estimate of drug-likeness (QED) is 0.818. The van der Waals surface area contributed by atoms with Crippen LogP contribution in [-0.2, 0) is 13.0 Å². The number of amides is 1. The van der Waals surface area contributed by atoms with Gasteiger partial charge in [-0.1, -0.05) is 30.3 Å². The summed E-state index contributed by atoms with van der Waals surface area (Å²) < 4.78 is 5.76. The van der Waals surface area contributed by atoms with Crippen molar-refractivity contribution in [3.05, 3.63) is 65.2 Å². The predicted octanol–water partition coefficient (Wildman–Crippen LogP) is 2.26. The molecule has 0 aliphatic rings. The van der Waals surface area contributed by atoms with Crippen LogP contribution >= 0.6 is 0 Å². The molecule has 0 saturated carbocycles. The van der Waals surface area contributed by atoms with E-state index in [0.29, 0.717) is 18.7 Å². The largest absolute Gasteiger partial charge is 0.489 e. The van der Waals surface area contributed by atoms with Gasteiger partial charge in [0.05, 0.1) is 0 Å². The monoisotopic (exact) mass is 284 g/mol. The molecule has 0 unspecified atom stereocenters. The van der Waals surface area contributed by atoms with Crippen LogP contribution in [0.4, 0.5) is 0 Å². The van der Waals surface area contributed by atoms with E-state index in [1.54, 1.807) is 12.1 Å². The third kappa shape index (κ3) is 4.33. The van der Waals surface area contributed by atoms with Crippen LogP contribution in [0.15, 0.2) is 48.5 Å². The molecule has 0 aliphatic heterocycles. The van der Waals surface area contributed by atoms with Crippen LogP contribution in [0.1, 0.15) is 27.9 Å². The van der Waals surface area contributed by atoms with E-state index in [1.807, 2.05) is 36.4 Å². The van der Waals surface area contributed by atoms with Crippen LogP contribution in [0.5, 0.6) is 5.75 Å². The minimum absolute atomic E-state index is 0.420. The Morgan fingerprint density at radius 1 is 1.10 bits per heavy atom. The molecular formula is C17H20N2O2. The summed E-state index contributed by atoms with van der Waals surface area (Å²) in [7, 11) is 0. The van der Waals surface area contributed by atoms with Gasteiger partial charge in [-0.05, 0) is 48.7 Å². The molecule has 2 aromatic rings. The van der Waals surface area contributed by atoms with Gasteiger partial charge in [0.1, 0.15) is 12.4 Å². The number of ether oxygens (including phenoxy) is 1. The summed E-state index contributed by atoms with van der Waals surface area (Å²) in [6.07, 6.45) is 1.53. The number of benzene rings is 2. The topological polar surface area (TPSA) is 78.3 Å². The normalized spacial score (nSPS) is 10.3. The molecule has 0 saturated heterocycles. The van der Waals surface area contributed by atoms with Crippen molar-refractivity contribution in [1.29, 1.82) is 0 Å². The SMILES string of the molecule is NCCCc1cc(OCc2ccccc2)ccc1C(N)=O. The van der Waals surface area contributed by atoms with Gasteiger partial charge in [0.2, 0.25) is 5.91 Å². The molecule has 0 atom stereocenters. The van der Waals surface area contributed by atoms with Crippen LogP contribution in [0.2, 0.25) is 0 Å². The van der Waals surface area contributed by atoms with Crippen molar-refractivity contribution in [3.63, 3.8) is 0 Å². The van der Waals surface area contributed by atoms with E-state index >= 15 is 0 Å². The number of carbonyl (C=O) groups is 1. The van der Waals surface area contributed by atoms with Gasteiger partial charge in [-0.15, -0.1) is 0 Å². The number of nitrogens with two attached hydrogens (primary N) is 2. The Bertz CT molecular complexity index is 597. The maximum atomic E-state index is 11.4. The predicted molar refractivity (Wildman–Crippen MR) is 83.1 cm³/mol. The van der Waals surface area contributed by atoms with Crippen molar-refractivity contribution in [1.82, 2.24) is 0 Å². The number of hydrogen-bond donors (Lipinski definition) is 2.